The van der Waals surface area contributed by atoms with Crippen LogP contribution in [0.4, 0.5) is 17.6 Å². The highest BCUT2D eigenvalue weighted by Gasteiger charge is 2.22. The number of nitrogens with zero attached hydrogens (tertiary/aromatic N) is 7. The van der Waals surface area contributed by atoms with Crippen molar-refractivity contribution in [3.05, 3.63) is 48.4 Å². The molecule has 0 amide bonds. The van der Waals surface area contributed by atoms with Crippen LogP contribution in [-0.4, -0.2) is 67.6 Å². The van der Waals surface area contributed by atoms with E-state index in [1.807, 2.05) is 23.3 Å². The molecule has 4 aromatic rings. The molecule has 2 fully saturated rings. The molecular formula is C28H39N11. The molecule has 2 saturated heterocycles. The molecule has 0 unspecified atom stereocenters. The average Bonchev–Trinajstić information content (AvgIpc) is 3.60. The number of aromatic nitrogens is 6. The van der Waals surface area contributed by atoms with Gasteiger partial charge in [-0.1, -0.05) is 18.2 Å². The number of para-hydroxylation sites is 1. The zero-order valence-corrected chi connectivity index (χ0v) is 22.8. The van der Waals surface area contributed by atoms with Crippen molar-refractivity contribution < 1.29 is 0 Å². The van der Waals surface area contributed by atoms with Gasteiger partial charge in [0.05, 0.1) is 12.0 Å². The lowest BCUT2D eigenvalue weighted by atomic mass is 10.1. The summed E-state index contributed by atoms with van der Waals surface area (Å²) in [4.78, 5) is 16.8. The molecule has 2 aliphatic rings. The summed E-state index contributed by atoms with van der Waals surface area (Å²) in [5.41, 5.74) is 9.94. The summed E-state index contributed by atoms with van der Waals surface area (Å²) in [5, 5.41) is 15.4. The second-order valence-corrected chi connectivity index (χ2v) is 10.9. The zero-order valence-electron chi connectivity index (χ0n) is 22.8. The maximum Gasteiger partial charge on any atom is 0.229 e. The van der Waals surface area contributed by atoms with E-state index < -0.39 is 0 Å². The van der Waals surface area contributed by atoms with Crippen LogP contribution < -0.4 is 26.6 Å². The third kappa shape index (κ3) is 5.55. The van der Waals surface area contributed by atoms with Crippen LogP contribution in [0.5, 0.6) is 0 Å². The first-order chi connectivity index (χ1) is 19.0. The highest BCUT2D eigenvalue weighted by molar-refractivity contribution is 5.84. The van der Waals surface area contributed by atoms with E-state index in [1.165, 1.54) is 0 Å². The lowest BCUT2D eigenvalue weighted by Gasteiger charge is -2.30. The predicted molar refractivity (Wildman–Crippen MR) is 156 cm³/mol. The number of imidazole rings is 1. The van der Waals surface area contributed by atoms with Gasteiger partial charge >= 0.3 is 0 Å². The Kier molecular flexibility index (Phi) is 7.34. The van der Waals surface area contributed by atoms with Crippen LogP contribution in [0.1, 0.15) is 51.1 Å². The number of fused-ring (bicyclic) bond motifs is 1. The van der Waals surface area contributed by atoms with Gasteiger partial charge in [-0.2, -0.15) is 15.1 Å². The maximum atomic E-state index is 6.16. The molecule has 2 aliphatic heterocycles. The topological polar surface area (TPSA) is 127 Å². The van der Waals surface area contributed by atoms with Crippen LogP contribution in [0.3, 0.4) is 0 Å². The normalized spacial score (nSPS) is 17.3. The van der Waals surface area contributed by atoms with Gasteiger partial charge in [-0.3, -0.25) is 0 Å². The van der Waals surface area contributed by atoms with E-state index in [1.54, 1.807) is 0 Å². The fraction of sp³-hybridized carbons (Fsp3) is 0.500. The van der Waals surface area contributed by atoms with Gasteiger partial charge in [0.2, 0.25) is 5.95 Å². The molecule has 5 N–H and O–H groups in total. The predicted octanol–water partition coefficient (Wildman–Crippen LogP) is 3.30. The summed E-state index contributed by atoms with van der Waals surface area (Å²) in [6.07, 6.45) is 7.99. The molecule has 39 heavy (non-hydrogen) atoms. The van der Waals surface area contributed by atoms with E-state index in [2.05, 4.69) is 63.5 Å². The summed E-state index contributed by atoms with van der Waals surface area (Å²) < 4.78 is 4.06. The standard InChI is InChI=1S/C28H39N11/c1-19(2)38-18-32-25-26(34-28(35-27(25)38)37-14-9-21(29)10-15-37)31-17-20-5-3-4-6-23(20)39-16-11-24(36-39)33-22-7-12-30-13-8-22/h3-6,11,16,18-19,21-22,30H,7-10,12-15,17,29H2,1-2H3,(H,33,36)(H,31,34,35). The molecule has 0 saturated carbocycles. The van der Waals surface area contributed by atoms with Crippen molar-refractivity contribution >= 4 is 28.7 Å². The van der Waals surface area contributed by atoms with Crippen LogP contribution in [0, 0.1) is 0 Å². The zero-order chi connectivity index (χ0) is 26.8. The van der Waals surface area contributed by atoms with Crippen molar-refractivity contribution in [3.63, 3.8) is 0 Å². The lowest BCUT2D eigenvalue weighted by Crippen LogP contribution is -2.40. The molecule has 11 nitrogen and oxygen atoms in total. The fourth-order valence-corrected chi connectivity index (χ4v) is 5.42. The summed E-state index contributed by atoms with van der Waals surface area (Å²) >= 11 is 0. The first kappa shape index (κ1) is 25.6. The Bertz CT molecular complexity index is 1390. The molecule has 11 heteroatoms. The summed E-state index contributed by atoms with van der Waals surface area (Å²) in [5.74, 6) is 2.38. The number of benzene rings is 1. The Hall–Kier alpha value is -3.70. The van der Waals surface area contributed by atoms with Gasteiger partial charge < -0.3 is 31.2 Å². The minimum atomic E-state index is 0.244. The van der Waals surface area contributed by atoms with Crippen LogP contribution in [-0.2, 0) is 6.54 Å². The van der Waals surface area contributed by atoms with Crippen molar-refractivity contribution in [2.75, 3.05) is 41.7 Å². The number of hydrogen-bond donors (Lipinski definition) is 4. The average molecular weight is 530 g/mol. The number of rotatable bonds is 8. The second-order valence-electron chi connectivity index (χ2n) is 10.9. The molecular weight excluding hydrogens is 490 g/mol. The second kappa shape index (κ2) is 11.2. The van der Waals surface area contributed by atoms with Gasteiger partial charge in [0.25, 0.3) is 0 Å². The van der Waals surface area contributed by atoms with Crippen LogP contribution in [0.25, 0.3) is 16.9 Å². The first-order valence-corrected chi connectivity index (χ1v) is 14.2. The molecule has 0 aliphatic carbocycles. The van der Waals surface area contributed by atoms with E-state index in [9.17, 15) is 0 Å². The van der Waals surface area contributed by atoms with Crippen molar-refractivity contribution in [3.8, 4) is 5.69 Å². The number of anilines is 3. The monoisotopic (exact) mass is 529 g/mol. The quantitative estimate of drug-likeness (QED) is 0.272. The Morgan fingerprint density at radius 1 is 1.05 bits per heavy atom. The van der Waals surface area contributed by atoms with Gasteiger partial charge in [-0.25, -0.2) is 9.67 Å². The molecule has 3 aromatic heterocycles. The molecule has 5 heterocycles. The maximum absolute atomic E-state index is 6.16. The smallest absolute Gasteiger partial charge is 0.229 e. The molecule has 206 valence electrons. The third-order valence-corrected chi connectivity index (χ3v) is 7.75. The number of nitrogens with two attached hydrogens (primary N) is 1. The van der Waals surface area contributed by atoms with E-state index in [4.69, 9.17) is 25.8 Å². The Balaban J connectivity index is 1.25. The fourth-order valence-electron chi connectivity index (χ4n) is 5.42. The van der Waals surface area contributed by atoms with Gasteiger partial charge in [0.15, 0.2) is 17.0 Å². The number of hydrogen-bond acceptors (Lipinski definition) is 9. The molecule has 0 bridgehead atoms. The SMILES string of the molecule is CC(C)n1cnc2c(NCc3ccccc3-n3ccc(NC4CCNCC4)n3)nc(N3CCC(N)CC3)nc21. The van der Waals surface area contributed by atoms with Gasteiger partial charge in [-0.15, -0.1) is 0 Å². The minimum absolute atomic E-state index is 0.244. The van der Waals surface area contributed by atoms with E-state index in [-0.39, 0.29) is 12.1 Å². The molecule has 0 spiro atoms. The van der Waals surface area contributed by atoms with Gasteiger partial charge in [-0.05, 0) is 64.3 Å². The van der Waals surface area contributed by atoms with Gasteiger partial charge in [0.1, 0.15) is 5.82 Å². The minimum Gasteiger partial charge on any atom is -0.366 e. The van der Waals surface area contributed by atoms with E-state index >= 15 is 0 Å². The number of nitrogens with one attached hydrogen (secondary N) is 3. The molecule has 0 radical (unpaired) electrons. The first-order valence-electron chi connectivity index (χ1n) is 14.2. The number of piperidine rings is 2. The summed E-state index contributed by atoms with van der Waals surface area (Å²) in [7, 11) is 0. The Morgan fingerprint density at radius 2 is 1.85 bits per heavy atom. The van der Waals surface area contributed by atoms with Crippen molar-refractivity contribution in [1.82, 2.24) is 34.6 Å². The Labute approximate surface area is 229 Å². The van der Waals surface area contributed by atoms with E-state index in [0.717, 1.165) is 91.9 Å². The highest BCUT2D eigenvalue weighted by Crippen LogP contribution is 2.27. The summed E-state index contributed by atoms with van der Waals surface area (Å²) in [6, 6.07) is 11.3. The molecule has 6 rings (SSSR count). The Morgan fingerprint density at radius 3 is 2.64 bits per heavy atom. The van der Waals surface area contributed by atoms with Crippen LogP contribution in [0.15, 0.2) is 42.9 Å². The van der Waals surface area contributed by atoms with Crippen molar-refractivity contribution in [2.24, 2.45) is 5.73 Å². The van der Waals surface area contributed by atoms with Crippen molar-refractivity contribution in [2.45, 2.75) is 64.2 Å². The highest BCUT2D eigenvalue weighted by atomic mass is 15.3. The van der Waals surface area contributed by atoms with Crippen LogP contribution in [0.2, 0.25) is 0 Å². The lowest BCUT2D eigenvalue weighted by molar-refractivity contribution is 0.478. The van der Waals surface area contributed by atoms with Gasteiger partial charge in [0, 0.05) is 50.0 Å². The molecule has 0 atom stereocenters. The largest absolute Gasteiger partial charge is 0.366 e. The third-order valence-electron chi connectivity index (χ3n) is 7.75. The molecule has 1 aromatic carbocycles. The van der Waals surface area contributed by atoms with Crippen LogP contribution >= 0.6 is 0 Å². The van der Waals surface area contributed by atoms with E-state index in [0.29, 0.717) is 12.6 Å². The van der Waals surface area contributed by atoms with Crippen molar-refractivity contribution in [1.29, 1.82) is 0 Å². The summed E-state index contributed by atoms with van der Waals surface area (Å²) in [6.45, 7) is 8.68.